The Labute approximate surface area is 105 Å². The van der Waals surface area contributed by atoms with Gasteiger partial charge in [-0.15, -0.1) is 0 Å². The summed E-state index contributed by atoms with van der Waals surface area (Å²) in [6.45, 7) is 2.92. The first kappa shape index (κ1) is 14.8. The number of aliphatic hydroxyl groups is 3. The lowest BCUT2D eigenvalue weighted by Gasteiger charge is -2.37. The van der Waals surface area contributed by atoms with Gasteiger partial charge in [0.1, 0.15) is 12.2 Å². The molecule has 0 aliphatic heterocycles. The third-order valence-corrected chi connectivity index (χ3v) is 3.42. The van der Waals surface area contributed by atoms with Gasteiger partial charge in [-0.3, -0.25) is 9.59 Å². The first-order valence-corrected chi connectivity index (χ1v) is 5.74. The summed E-state index contributed by atoms with van der Waals surface area (Å²) in [5, 5.41) is 38.3. The lowest BCUT2D eigenvalue weighted by atomic mass is 9.76. The third-order valence-electron chi connectivity index (χ3n) is 3.42. The van der Waals surface area contributed by atoms with E-state index in [4.69, 9.17) is 5.11 Å². The van der Waals surface area contributed by atoms with E-state index in [0.29, 0.717) is 0 Å². The summed E-state index contributed by atoms with van der Waals surface area (Å²) in [4.78, 5) is 22.4. The van der Waals surface area contributed by atoms with Crippen molar-refractivity contribution in [1.29, 1.82) is 0 Å². The monoisotopic (exact) mass is 258 g/mol. The van der Waals surface area contributed by atoms with Gasteiger partial charge < -0.3 is 20.4 Å². The smallest absolute Gasteiger partial charge is 0.306 e. The van der Waals surface area contributed by atoms with Crippen LogP contribution in [0.15, 0.2) is 11.6 Å². The summed E-state index contributed by atoms with van der Waals surface area (Å²) in [7, 11) is 0. The molecule has 4 unspecified atom stereocenters. The molecule has 1 rings (SSSR count). The maximum Gasteiger partial charge on any atom is 0.306 e. The standard InChI is InChI=1S/C12H18O6/c1-6(11(16)17)3-4-12(18)8(13)5-7(2)9(14)10(12)15/h5-6,9-10,14-15,18H,3-4H2,1-2H3,(H,16,17). The minimum atomic E-state index is -2.11. The number of hydrogen-bond donors (Lipinski definition) is 4. The van der Waals surface area contributed by atoms with Crippen molar-refractivity contribution >= 4 is 11.8 Å². The van der Waals surface area contributed by atoms with Crippen molar-refractivity contribution in [3.63, 3.8) is 0 Å². The largest absolute Gasteiger partial charge is 0.481 e. The van der Waals surface area contributed by atoms with E-state index in [1.165, 1.54) is 13.8 Å². The van der Waals surface area contributed by atoms with Crippen LogP contribution < -0.4 is 0 Å². The van der Waals surface area contributed by atoms with E-state index < -0.39 is 35.5 Å². The van der Waals surface area contributed by atoms with Crippen LogP contribution in [-0.2, 0) is 9.59 Å². The zero-order valence-corrected chi connectivity index (χ0v) is 10.3. The molecule has 0 heterocycles. The summed E-state index contributed by atoms with van der Waals surface area (Å²) in [5.74, 6) is -2.47. The van der Waals surface area contributed by atoms with Gasteiger partial charge in [-0.25, -0.2) is 0 Å². The fraction of sp³-hybridized carbons (Fsp3) is 0.667. The second-order valence-corrected chi connectivity index (χ2v) is 4.84. The lowest BCUT2D eigenvalue weighted by Crippen LogP contribution is -2.57. The van der Waals surface area contributed by atoms with Crippen molar-refractivity contribution in [2.75, 3.05) is 0 Å². The van der Waals surface area contributed by atoms with Gasteiger partial charge in [0.2, 0.25) is 0 Å². The molecule has 1 aliphatic rings. The molecule has 0 saturated heterocycles. The first-order chi connectivity index (χ1) is 8.20. The van der Waals surface area contributed by atoms with Crippen LogP contribution in [0.1, 0.15) is 26.7 Å². The van der Waals surface area contributed by atoms with Crippen LogP contribution in [0.25, 0.3) is 0 Å². The number of aliphatic carboxylic acids is 1. The van der Waals surface area contributed by atoms with Crippen LogP contribution >= 0.6 is 0 Å². The zero-order valence-electron chi connectivity index (χ0n) is 10.3. The maximum atomic E-state index is 11.7. The summed E-state index contributed by atoms with van der Waals surface area (Å²) in [6.07, 6.45) is -2.03. The summed E-state index contributed by atoms with van der Waals surface area (Å²) in [6, 6.07) is 0. The van der Waals surface area contributed by atoms with E-state index in [0.717, 1.165) is 6.08 Å². The van der Waals surface area contributed by atoms with E-state index in [1.807, 2.05) is 0 Å². The molecule has 102 valence electrons. The molecule has 0 spiro atoms. The first-order valence-electron chi connectivity index (χ1n) is 5.74. The number of carboxylic acid groups (broad SMARTS) is 1. The minimum absolute atomic E-state index is 0.0360. The number of carbonyl (C=O) groups excluding carboxylic acids is 1. The number of rotatable bonds is 4. The van der Waals surface area contributed by atoms with Gasteiger partial charge in [0, 0.05) is 0 Å². The average Bonchev–Trinajstić information content (AvgIpc) is 2.31. The second kappa shape index (κ2) is 5.17. The van der Waals surface area contributed by atoms with Crippen LogP contribution in [0.4, 0.5) is 0 Å². The summed E-state index contributed by atoms with van der Waals surface area (Å²) < 4.78 is 0. The Hall–Kier alpha value is -1.24. The molecule has 4 N–H and O–H groups in total. The summed E-state index contributed by atoms with van der Waals surface area (Å²) in [5.41, 5.74) is -1.83. The molecule has 0 aromatic carbocycles. The van der Waals surface area contributed by atoms with Gasteiger partial charge in [-0.1, -0.05) is 6.92 Å². The summed E-state index contributed by atoms with van der Waals surface area (Å²) >= 11 is 0. The number of aliphatic hydroxyl groups excluding tert-OH is 2. The molecule has 0 fully saturated rings. The van der Waals surface area contributed by atoms with Crippen molar-refractivity contribution < 1.29 is 30.0 Å². The normalized spacial score (nSPS) is 34.1. The van der Waals surface area contributed by atoms with E-state index in [9.17, 15) is 24.9 Å². The SMILES string of the molecule is CC1=CC(=O)C(O)(CCC(C)C(=O)O)C(O)C1O. The zero-order chi connectivity index (χ0) is 14.1. The van der Waals surface area contributed by atoms with E-state index in [-0.39, 0.29) is 18.4 Å². The second-order valence-electron chi connectivity index (χ2n) is 4.84. The van der Waals surface area contributed by atoms with Gasteiger partial charge in [-0.2, -0.15) is 0 Å². The highest BCUT2D eigenvalue weighted by Crippen LogP contribution is 2.30. The topological polar surface area (TPSA) is 115 Å². The molecule has 0 amide bonds. The molecular weight excluding hydrogens is 240 g/mol. The minimum Gasteiger partial charge on any atom is -0.481 e. The molecule has 6 nitrogen and oxygen atoms in total. The Bertz CT molecular complexity index is 388. The van der Waals surface area contributed by atoms with Crippen LogP contribution in [-0.4, -0.2) is 50.0 Å². The van der Waals surface area contributed by atoms with Gasteiger partial charge in [0.05, 0.1) is 5.92 Å². The van der Waals surface area contributed by atoms with E-state index >= 15 is 0 Å². The molecule has 1 aliphatic carbocycles. The molecule has 0 aromatic heterocycles. The molecule has 6 heteroatoms. The maximum absolute atomic E-state index is 11.7. The molecule has 0 bridgehead atoms. The van der Waals surface area contributed by atoms with E-state index in [1.54, 1.807) is 0 Å². The Kier molecular flexibility index (Phi) is 4.26. The fourth-order valence-electron chi connectivity index (χ4n) is 1.90. The number of ketones is 1. The molecule has 0 radical (unpaired) electrons. The third kappa shape index (κ3) is 2.60. The van der Waals surface area contributed by atoms with E-state index in [2.05, 4.69) is 0 Å². The predicted octanol–water partition coefficient (Wildman–Crippen LogP) is -0.531. The van der Waals surface area contributed by atoms with Crippen molar-refractivity contribution in [2.24, 2.45) is 5.92 Å². The Morgan fingerprint density at radius 2 is 2.06 bits per heavy atom. The van der Waals surface area contributed by atoms with Crippen molar-refractivity contribution in [1.82, 2.24) is 0 Å². The van der Waals surface area contributed by atoms with Crippen molar-refractivity contribution in [3.8, 4) is 0 Å². The molecule has 4 atom stereocenters. The molecular formula is C12H18O6. The quantitative estimate of drug-likeness (QED) is 0.539. The van der Waals surface area contributed by atoms with Gasteiger partial charge in [-0.05, 0) is 31.4 Å². The van der Waals surface area contributed by atoms with Crippen molar-refractivity contribution in [2.45, 2.75) is 44.5 Å². The van der Waals surface area contributed by atoms with Gasteiger partial charge in [0.25, 0.3) is 0 Å². The molecule has 0 saturated carbocycles. The van der Waals surface area contributed by atoms with Crippen molar-refractivity contribution in [3.05, 3.63) is 11.6 Å². The van der Waals surface area contributed by atoms with Crippen LogP contribution in [0, 0.1) is 5.92 Å². The van der Waals surface area contributed by atoms with Crippen LogP contribution in [0.2, 0.25) is 0 Å². The predicted molar refractivity (Wildman–Crippen MR) is 61.8 cm³/mol. The Morgan fingerprint density at radius 1 is 1.50 bits per heavy atom. The molecule has 18 heavy (non-hydrogen) atoms. The number of carbonyl (C=O) groups is 2. The highest BCUT2D eigenvalue weighted by Gasteiger charge is 2.48. The van der Waals surface area contributed by atoms with Gasteiger partial charge in [0.15, 0.2) is 11.4 Å². The Balaban J connectivity index is 2.85. The van der Waals surface area contributed by atoms with Crippen LogP contribution in [0.3, 0.4) is 0 Å². The average molecular weight is 258 g/mol. The van der Waals surface area contributed by atoms with Gasteiger partial charge >= 0.3 is 5.97 Å². The fourth-order valence-corrected chi connectivity index (χ4v) is 1.90. The number of carboxylic acids is 1. The molecule has 0 aromatic rings. The highest BCUT2D eigenvalue weighted by molar-refractivity contribution is 5.99. The highest BCUT2D eigenvalue weighted by atomic mass is 16.4. The Morgan fingerprint density at radius 3 is 2.56 bits per heavy atom. The lowest BCUT2D eigenvalue weighted by molar-refractivity contribution is -0.161. The van der Waals surface area contributed by atoms with Crippen LogP contribution in [0.5, 0.6) is 0 Å². The number of hydrogen-bond acceptors (Lipinski definition) is 5.